The lowest BCUT2D eigenvalue weighted by Crippen LogP contribution is -2.51. The second-order valence-electron chi connectivity index (χ2n) is 4.37. The molecule has 5 nitrogen and oxygen atoms in total. The number of nitrogens with one attached hydrogen (secondary N) is 1. The lowest BCUT2D eigenvalue weighted by atomic mass is 10.0. The van der Waals surface area contributed by atoms with Crippen LogP contribution in [0.2, 0.25) is 0 Å². The quantitative estimate of drug-likeness (QED) is 0.868. The molecule has 102 valence electrons. The Kier molecular flexibility index (Phi) is 4.19. The molecule has 1 heterocycles. The number of hydrogen-bond donors (Lipinski definition) is 2. The van der Waals surface area contributed by atoms with Gasteiger partial charge in [-0.3, -0.25) is 4.79 Å². The Balaban J connectivity index is 3.17. The van der Waals surface area contributed by atoms with Gasteiger partial charge in [0, 0.05) is 9.75 Å². The average Bonchev–Trinajstić information content (AvgIpc) is 2.57. The molecule has 1 unspecified atom stereocenters. The van der Waals surface area contributed by atoms with Crippen molar-refractivity contribution in [3.05, 3.63) is 15.8 Å². The molecule has 0 bridgehead atoms. The number of carboxylic acid groups (broad SMARTS) is 1. The number of carboxylic acids is 1. The van der Waals surface area contributed by atoms with Crippen molar-refractivity contribution >= 4 is 27.3 Å². The molecule has 2 N–H and O–H groups in total. The molecular weight excluding hydrogens is 274 g/mol. The van der Waals surface area contributed by atoms with Gasteiger partial charge in [0.1, 0.15) is 5.54 Å². The summed E-state index contributed by atoms with van der Waals surface area (Å²) in [6, 6.07) is 1.56. The van der Waals surface area contributed by atoms with Crippen LogP contribution in [-0.4, -0.2) is 25.0 Å². The van der Waals surface area contributed by atoms with Crippen molar-refractivity contribution in [3.63, 3.8) is 0 Å². The zero-order valence-corrected chi connectivity index (χ0v) is 12.4. The topological polar surface area (TPSA) is 83.5 Å². The van der Waals surface area contributed by atoms with Crippen LogP contribution in [0.3, 0.4) is 0 Å². The van der Waals surface area contributed by atoms with Crippen LogP contribution in [0.15, 0.2) is 11.0 Å². The third-order valence-corrected chi connectivity index (χ3v) is 5.64. The summed E-state index contributed by atoms with van der Waals surface area (Å²) < 4.78 is 26.6. The first kappa shape index (κ1) is 15.1. The highest BCUT2D eigenvalue weighted by atomic mass is 32.2. The number of rotatable bonds is 5. The maximum absolute atomic E-state index is 12.2. The molecule has 1 rings (SSSR count). The van der Waals surface area contributed by atoms with E-state index in [1.54, 1.807) is 19.9 Å². The Morgan fingerprint density at radius 1 is 1.50 bits per heavy atom. The summed E-state index contributed by atoms with van der Waals surface area (Å²) >= 11 is 1.37. The fourth-order valence-corrected chi connectivity index (χ4v) is 4.49. The predicted molar refractivity (Wildman–Crippen MR) is 70.4 cm³/mol. The van der Waals surface area contributed by atoms with E-state index in [2.05, 4.69) is 4.72 Å². The Hall–Kier alpha value is -0.920. The highest BCUT2D eigenvalue weighted by molar-refractivity contribution is 7.89. The Morgan fingerprint density at radius 2 is 2.06 bits per heavy atom. The molecule has 1 aromatic heterocycles. The molecule has 0 aromatic carbocycles. The third kappa shape index (κ3) is 2.90. The van der Waals surface area contributed by atoms with Gasteiger partial charge in [-0.05, 0) is 33.3 Å². The van der Waals surface area contributed by atoms with Crippen LogP contribution in [0.25, 0.3) is 0 Å². The van der Waals surface area contributed by atoms with Gasteiger partial charge in [0.2, 0.25) is 10.0 Å². The van der Waals surface area contributed by atoms with Gasteiger partial charge in [-0.2, -0.15) is 4.72 Å². The number of sulfonamides is 1. The molecule has 0 aliphatic rings. The van der Waals surface area contributed by atoms with E-state index in [-0.39, 0.29) is 11.3 Å². The number of aryl methyl sites for hydroxylation is 2. The van der Waals surface area contributed by atoms with E-state index >= 15 is 0 Å². The zero-order chi connectivity index (χ0) is 14.1. The number of thiophene rings is 1. The van der Waals surface area contributed by atoms with Crippen LogP contribution < -0.4 is 4.72 Å². The Morgan fingerprint density at radius 3 is 2.39 bits per heavy atom. The molecular formula is C11H17NO4S2. The number of aliphatic carboxylic acids is 1. The molecule has 0 aliphatic heterocycles. The zero-order valence-electron chi connectivity index (χ0n) is 10.8. The fourth-order valence-electron chi connectivity index (χ4n) is 1.49. The van der Waals surface area contributed by atoms with E-state index in [4.69, 9.17) is 5.11 Å². The molecule has 1 atom stereocenters. The van der Waals surface area contributed by atoms with Crippen molar-refractivity contribution in [2.24, 2.45) is 0 Å². The minimum Gasteiger partial charge on any atom is -0.480 e. The van der Waals surface area contributed by atoms with Crippen molar-refractivity contribution in [2.75, 3.05) is 0 Å². The van der Waals surface area contributed by atoms with E-state index in [1.807, 2.05) is 6.92 Å². The van der Waals surface area contributed by atoms with E-state index in [9.17, 15) is 13.2 Å². The second-order valence-corrected chi connectivity index (χ2v) is 7.49. The SMILES string of the molecule is CCC(C)(NS(=O)(=O)c1cc(C)sc1C)C(=O)O. The fraction of sp³-hybridized carbons (Fsp3) is 0.545. The summed E-state index contributed by atoms with van der Waals surface area (Å²) in [6.45, 7) is 6.51. The van der Waals surface area contributed by atoms with Gasteiger partial charge in [0.25, 0.3) is 0 Å². The highest BCUT2D eigenvalue weighted by Crippen LogP contribution is 2.26. The maximum Gasteiger partial charge on any atom is 0.324 e. The molecule has 0 aliphatic carbocycles. The number of carbonyl (C=O) groups is 1. The van der Waals surface area contributed by atoms with Gasteiger partial charge in [-0.25, -0.2) is 8.42 Å². The predicted octanol–water partition coefficient (Wildman–Crippen LogP) is 1.90. The molecule has 0 amide bonds. The monoisotopic (exact) mass is 291 g/mol. The van der Waals surface area contributed by atoms with Gasteiger partial charge in [-0.15, -0.1) is 11.3 Å². The molecule has 0 saturated heterocycles. The number of hydrogen-bond acceptors (Lipinski definition) is 4. The summed E-state index contributed by atoms with van der Waals surface area (Å²) in [6.07, 6.45) is 0.170. The van der Waals surface area contributed by atoms with Crippen molar-refractivity contribution in [1.29, 1.82) is 0 Å². The standard InChI is InChI=1S/C11H17NO4S2/c1-5-11(4,10(13)14)12-18(15,16)9-6-7(2)17-8(9)3/h6,12H,5H2,1-4H3,(H,13,14). The lowest BCUT2D eigenvalue weighted by Gasteiger charge is -2.24. The van der Waals surface area contributed by atoms with Gasteiger partial charge < -0.3 is 5.11 Å². The smallest absolute Gasteiger partial charge is 0.324 e. The molecule has 0 radical (unpaired) electrons. The summed E-state index contributed by atoms with van der Waals surface area (Å²) in [5, 5.41) is 9.09. The van der Waals surface area contributed by atoms with Crippen molar-refractivity contribution in [3.8, 4) is 0 Å². The van der Waals surface area contributed by atoms with Gasteiger partial charge in [0.15, 0.2) is 0 Å². The van der Waals surface area contributed by atoms with Crippen LogP contribution in [0, 0.1) is 13.8 Å². The van der Waals surface area contributed by atoms with Crippen LogP contribution in [0.4, 0.5) is 0 Å². The molecule has 0 saturated carbocycles. The summed E-state index contributed by atoms with van der Waals surface area (Å²) in [5.41, 5.74) is -1.49. The Bertz CT molecular complexity index is 562. The second kappa shape index (κ2) is 4.99. The van der Waals surface area contributed by atoms with Crippen LogP contribution >= 0.6 is 11.3 Å². The molecule has 7 heteroatoms. The highest BCUT2D eigenvalue weighted by Gasteiger charge is 2.36. The maximum atomic E-state index is 12.2. The lowest BCUT2D eigenvalue weighted by molar-refractivity contribution is -0.143. The summed E-state index contributed by atoms with van der Waals surface area (Å²) in [7, 11) is -3.81. The van der Waals surface area contributed by atoms with Crippen molar-refractivity contribution < 1.29 is 18.3 Å². The van der Waals surface area contributed by atoms with Gasteiger partial charge in [-0.1, -0.05) is 6.92 Å². The first-order valence-electron chi connectivity index (χ1n) is 5.47. The van der Waals surface area contributed by atoms with Gasteiger partial charge >= 0.3 is 5.97 Å². The third-order valence-electron chi connectivity index (χ3n) is 2.82. The van der Waals surface area contributed by atoms with E-state index in [0.29, 0.717) is 4.88 Å². The first-order valence-corrected chi connectivity index (χ1v) is 7.77. The summed E-state index contributed by atoms with van der Waals surface area (Å²) in [5.74, 6) is -1.18. The first-order chi connectivity index (χ1) is 8.12. The van der Waals surface area contributed by atoms with Gasteiger partial charge in [0.05, 0.1) is 4.90 Å². The largest absolute Gasteiger partial charge is 0.480 e. The summed E-state index contributed by atoms with van der Waals surface area (Å²) in [4.78, 5) is 12.8. The minimum atomic E-state index is -3.81. The van der Waals surface area contributed by atoms with E-state index < -0.39 is 21.5 Å². The van der Waals surface area contributed by atoms with Crippen molar-refractivity contribution in [2.45, 2.75) is 44.6 Å². The molecule has 0 fully saturated rings. The van der Waals surface area contributed by atoms with Crippen LogP contribution in [0.1, 0.15) is 30.0 Å². The molecule has 1 aromatic rings. The normalized spacial score (nSPS) is 15.3. The minimum absolute atomic E-state index is 0.158. The molecule has 0 spiro atoms. The Labute approximate surface area is 111 Å². The molecule has 18 heavy (non-hydrogen) atoms. The van der Waals surface area contributed by atoms with Crippen molar-refractivity contribution in [1.82, 2.24) is 4.72 Å². The van der Waals surface area contributed by atoms with Crippen LogP contribution in [-0.2, 0) is 14.8 Å². The van der Waals surface area contributed by atoms with Crippen LogP contribution in [0.5, 0.6) is 0 Å². The van der Waals surface area contributed by atoms with E-state index in [1.165, 1.54) is 18.3 Å². The average molecular weight is 291 g/mol. The van der Waals surface area contributed by atoms with E-state index in [0.717, 1.165) is 4.88 Å².